The van der Waals surface area contributed by atoms with Crippen LogP contribution < -0.4 is 14.4 Å². The van der Waals surface area contributed by atoms with E-state index in [-0.39, 0.29) is 0 Å². The van der Waals surface area contributed by atoms with Gasteiger partial charge < -0.3 is 14.4 Å². The maximum Gasteiger partial charge on any atom is 0.163 e. The summed E-state index contributed by atoms with van der Waals surface area (Å²) < 4.78 is 11.6. The van der Waals surface area contributed by atoms with E-state index in [0.29, 0.717) is 0 Å². The van der Waals surface area contributed by atoms with Crippen molar-refractivity contribution in [2.75, 3.05) is 44.3 Å². The fourth-order valence-electron chi connectivity index (χ4n) is 3.79. The number of rotatable bonds is 1. The van der Waals surface area contributed by atoms with Gasteiger partial charge in [-0.2, -0.15) is 0 Å². The summed E-state index contributed by atoms with van der Waals surface area (Å²) in [6.45, 7) is 6.36. The number of hydrogen-bond acceptors (Lipinski definition) is 4. The molecular weight excluding hydrogens is 264 g/mol. The molecule has 0 aliphatic carbocycles. The molecule has 0 radical (unpaired) electrons. The number of benzene rings is 1. The molecule has 1 aromatic rings. The highest BCUT2D eigenvalue weighted by Crippen LogP contribution is 2.34. The second-order valence-electron chi connectivity index (χ2n) is 6.31. The molecule has 3 aliphatic rings. The van der Waals surface area contributed by atoms with Gasteiger partial charge >= 0.3 is 0 Å². The van der Waals surface area contributed by atoms with Gasteiger partial charge in [0.05, 0.1) is 13.2 Å². The SMILES string of the molecule is c1cc2c(cc1N1CCCN3CCCC3C1)OCCCO2. The predicted molar refractivity (Wildman–Crippen MR) is 83.5 cm³/mol. The number of ether oxygens (including phenoxy) is 2. The Morgan fingerprint density at radius 3 is 2.71 bits per heavy atom. The molecule has 0 saturated carbocycles. The Morgan fingerprint density at radius 1 is 0.905 bits per heavy atom. The number of nitrogens with zero attached hydrogens (tertiary/aromatic N) is 2. The molecule has 21 heavy (non-hydrogen) atoms. The van der Waals surface area contributed by atoms with E-state index in [9.17, 15) is 0 Å². The van der Waals surface area contributed by atoms with Gasteiger partial charge in [0.2, 0.25) is 0 Å². The third-order valence-corrected chi connectivity index (χ3v) is 4.90. The summed E-state index contributed by atoms with van der Waals surface area (Å²) in [5.74, 6) is 1.81. The van der Waals surface area contributed by atoms with Crippen LogP contribution in [-0.2, 0) is 0 Å². The van der Waals surface area contributed by atoms with Crippen LogP contribution in [0, 0.1) is 0 Å². The third-order valence-electron chi connectivity index (χ3n) is 4.90. The van der Waals surface area contributed by atoms with E-state index in [1.54, 1.807) is 0 Å². The first-order valence-corrected chi connectivity index (χ1v) is 8.29. The van der Waals surface area contributed by atoms with Crippen LogP contribution in [0.3, 0.4) is 0 Å². The molecule has 0 aromatic heterocycles. The molecule has 4 nitrogen and oxygen atoms in total. The Kier molecular flexibility index (Phi) is 3.63. The summed E-state index contributed by atoms with van der Waals surface area (Å²) in [4.78, 5) is 5.20. The summed E-state index contributed by atoms with van der Waals surface area (Å²) in [5, 5.41) is 0. The molecule has 0 amide bonds. The van der Waals surface area contributed by atoms with E-state index in [1.807, 2.05) is 0 Å². The highest BCUT2D eigenvalue weighted by atomic mass is 16.5. The first kappa shape index (κ1) is 13.3. The van der Waals surface area contributed by atoms with E-state index in [4.69, 9.17) is 9.47 Å². The summed E-state index contributed by atoms with van der Waals surface area (Å²) in [5.41, 5.74) is 1.29. The Labute approximate surface area is 126 Å². The molecule has 1 atom stereocenters. The lowest BCUT2D eigenvalue weighted by atomic mass is 10.2. The predicted octanol–water partition coefficient (Wildman–Crippen LogP) is 2.52. The highest BCUT2D eigenvalue weighted by molar-refractivity contribution is 5.56. The van der Waals surface area contributed by atoms with Crippen molar-refractivity contribution < 1.29 is 9.47 Å². The van der Waals surface area contributed by atoms with Crippen molar-refractivity contribution in [2.24, 2.45) is 0 Å². The summed E-state index contributed by atoms with van der Waals surface area (Å²) in [7, 11) is 0. The molecule has 114 valence electrons. The minimum Gasteiger partial charge on any atom is -0.490 e. The molecule has 0 bridgehead atoms. The smallest absolute Gasteiger partial charge is 0.163 e. The fourth-order valence-corrected chi connectivity index (χ4v) is 3.79. The van der Waals surface area contributed by atoms with Gasteiger partial charge in [-0.15, -0.1) is 0 Å². The van der Waals surface area contributed by atoms with Gasteiger partial charge in [0.25, 0.3) is 0 Å². The average molecular weight is 288 g/mol. The molecule has 3 aliphatic heterocycles. The minimum absolute atomic E-state index is 0.739. The molecule has 0 N–H and O–H groups in total. The van der Waals surface area contributed by atoms with E-state index in [2.05, 4.69) is 28.0 Å². The van der Waals surface area contributed by atoms with Gasteiger partial charge in [-0.1, -0.05) is 0 Å². The van der Waals surface area contributed by atoms with Gasteiger partial charge in [0.15, 0.2) is 11.5 Å². The number of fused-ring (bicyclic) bond motifs is 2. The van der Waals surface area contributed by atoms with Crippen LogP contribution in [0.4, 0.5) is 5.69 Å². The topological polar surface area (TPSA) is 24.9 Å². The second kappa shape index (κ2) is 5.76. The fraction of sp³-hybridized carbons (Fsp3) is 0.647. The molecular formula is C17H24N2O2. The van der Waals surface area contributed by atoms with E-state index in [1.165, 1.54) is 38.0 Å². The molecule has 1 aromatic carbocycles. The molecule has 2 fully saturated rings. The number of hydrogen-bond donors (Lipinski definition) is 0. The normalized spacial score (nSPS) is 26.1. The maximum atomic E-state index is 5.84. The summed E-state index contributed by atoms with van der Waals surface area (Å²) in [6, 6.07) is 7.18. The van der Waals surface area contributed by atoms with Crippen molar-refractivity contribution in [2.45, 2.75) is 31.7 Å². The van der Waals surface area contributed by atoms with Crippen molar-refractivity contribution in [3.05, 3.63) is 18.2 Å². The van der Waals surface area contributed by atoms with Crippen LogP contribution in [0.2, 0.25) is 0 Å². The van der Waals surface area contributed by atoms with Gasteiger partial charge in [0, 0.05) is 43.9 Å². The molecule has 4 heteroatoms. The van der Waals surface area contributed by atoms with Crippen LogP contribution in [0.15, 0.2) is 18.2 Å². The van der Waals surface area contributed by atoms with Crippen molar-refractivity contribution >= 4 is 5.69 Å². The largest absolute Gasteiger partial charge is 0.490 e. The standard InChI is InChI=1S/C17H24N2O2/c1-4-15-13-19(9-2-8-18(15)7-1)14-5-6-16-17(12-14)21-11-3-10-20-16/h5-6,12,15H,1-4,7-11,13H2. The van der Waals surface area contributed by atoms with Crippen LogP contribution >= 0.6 is 0 Å². The van der Waals surface area contributed by atoms with Crippen molar-refractivity contribution in [1.82, 2.24) is 4.90 Å². The second-order valence-corrected chi connectivity index (χ2v) is 6.31. The van der Waals surface area contributed by atoms with Crippen molar-refractivity contribution in [1.29, 1.82) is 0 Å². The summed E-state index contributed by atoms with van der Waals surface area (Å²) >= 11 is 0. The van der Waals surface area contributed by atoms with Crippen molar-refractivity contribution in [3.63, 3.8) is 0 Å². The summed E-state index contributed by atoms with van der Waals surface area (Å²) in [6.07, 6.45) is 4.93. The van der Waals surface area contributed by atoms with E-state index in [0.717, 1.165) is 50.3 Å². The molecule has 0 spiro atoms. The Hall–Kier alpha value is -1.42. The molecule has 3 heterocycles. The molecule has 4 rings (SSSR count). The van der Waals surface area contributed by atoms with Gasteiger partial charge in [-0.05, 0) is 37.9 Å². The zero-order valence-corrected chi connectivity index (χ0v) is 12.6. The lowest BCUT2D eigenvalue weighted by molar-refractivity contribution is 0.273. The highest BCUT2D eigenvalue weighted by Gasteiger charge is 2.29. The quantitative estimate of drug-likeness (QED) is 0.793. The lowest BCUT2D eigenvalue weighted by Crippen LogP contribution is -2.36. The first-order valence-electron chi connectivity index (χ1n) is 8.29. The Bertz CT molecular complexity index is 506. The lowest BCUT2D eigenvalue weighted by Gasteiger charge is -2.27. The minimum atomic E-state index is 0.739. The average Bonchev–Trinajstić information content (AvgIpc) is 2.73. The van der Waals surface area contributed by atoms with Crippen LogP contribution in [0.1, 0.15) is 25.7 Å². The Balaban J connectivity index is 1.56. The van der Waals surface area contributed by atoms with Crippen LogP contribution in [0.25, 0.3) is 0 Å². The molecule has 2 saturated heterocycles. The third kappa shape index (κ3) is 2.69. The van der Waals surface area contributed by atoms with Gasteiger partial charge in [0.1, 0.15) is 0 Å². The number of anilines is 1. The van der Waals surface area contributed by atoms with E-state index >= 15 is 0 Å². The van der Waals surface area contributed by atoms with Crippen molar-refractivity contribution in [3.8, 4) is 11.5 Å². The van der Waals surface area contributed by atoms with E-state index < -0.39 is 0 Å². The zero-order valence-electron chi connectivity index (χ0n) is 12.6. The Morgan fingerprint density at radius 2 is 1.76 bits per heavy atom. The van der Waals surface area contributed by atoms with Crippen LogP contribution in [-0.4, -0.2) is 50.3 Å². The first-order chi connectivity index (χ1) is 10.4. The maximum absolute atomic E-state index is 5.84. The van der Waals surface area contributed by atoms with Gasteiger partial charge in [-0.25, -0.2) is 0 Å². The monoisotopic (exact) mass is 288 g/mol. The zero-order chi connectivity index (χ0) is 14.1. The van der Waals surface area contributed by atoms with Gasteiger partial charge in [-0.3, -0.25) is 4.90 Å². The van der Waals surface area contributed by atoms with Crippen LogP contribution in [0.5, 0.6) is 11.5 Å². The molecule has 1 unspecified atom stereocenters.